The number of aliphatic hydroxyl groups excluding tert-OH is 1. The number of ether oxygens (including phenoxy) is 1. The molecule has 0 spiro atoms. The van der Waals surface area contributed by atoms with E-state index in [2.05, 4.69) is 4.90 Å². The summed E-state index contributed by atoms with van der Waals surface area (Å²) in [5.41, 5.74) is -0.274. The fourth-order valence-electron chi connectivity index (χ4n) is 3.78. The van der Waals surface area contributed by atoms with Crippen LogP contribution in [0.5, 0.6) is 0 Å². The van der Waals surface area contributed by atoms with E-state index < -0.39 is 0 Å². The minimum Gasteiger partial charge on any atom is -0.393 e. The van der Waals surface area contributed by atoms with Gasteiger partial charge in [0.05, 0.1) is 18.1 Å². The third kappa shape index (κ3) is 2.02. The predicted octanol–water partition coefficient (Wildman–Crippen LogP) is 0.295. The Morgan fingerprint density at radius 3 is 2.94 bits per heavy atom. The lowest BCUT2D eigenvalue weighted by atomic mass is 9.88. The second-order valence-electron chi connectivity index (χ2n) is 6.05. The Balaban J connectivity index is 1.62. The Kier molecular flexibility index (Phi) is 2.97. The highest BCUT2D eigenvalue weighted by Crippen LogP contribution is 2.39. The van der Waals surface area contributed by atoms with Gasteiger partial charge in [0.15, 0.2) is 0 Å². The summed E-state index contributed by atoms with van der Waals surface area (Å²) in [4.78, 5) is 13.6. The van der Waals surface area contributed by atoms with Crippen molar-refractivity contribution in [1.29, 1.82) is 0 Å². The van der Waals surface area contributed by atoms with Crippen LogP contribution in [0.4, 0.5) is 0 Å². The van der Waals surface area contributed by atoms with Crippen molar-refractivity contribution in [3.05, 3.63) is 0 Å². The molecule has 0 aromatic heterocycles. The van der Waals surface area contributed by atoms with Crippen molar-refractivity contribution in [1.82, 2.24) is 4.90 Å². The van der Waals surface area contributed by atoms with Crippen LogP contribution >= 0.6 is 0 Å². The fourth-order valence-corrected chi connectivity index (χ4v) is 3.78. The van der Waals surface area contributed by atoms with Crippen molar-refractivity contribution in [2.45, 2.75) is 25.4 Å². The van der Waals surface area contributed by atoms with Gasteiger partial charge in [-0.05, 0) is 25.2 Å². The standard InChI is InChI=1S/C13H21NO3/c15-8-13(3-4-17-9-13)7-14-5-10-1-2-12(16)11(10)6-14/h8,10-12,16H,1-7,9H2. The molecule has 1 N–H and O–H groups in total. The molecule has 0 bridgehead atoms. The molecule has 4 heteroatoms. The smallest absolute Gasteiger partial charge is 0.129 e. The van der Waals surface area contributed by atoms with E-state index in [1.165, 1.54) is 0 Å². The molecule has 2 heterocycles. The molecule has 3 aliphatic rings. The number of carbonyl (C=O) groups is 1. The number of nitrogens with zero attached hydrogens (tertiary/aromatic N) is 1. The van der Waals surface area contributed by atoms with Gasteiger partial charge < -0.3 is 19.5 Å². The normalized spacial score (nSPS) is 46.3. The van der Waals surface area contributed by atoms with Crippen LogP contribution < -0.4 is 0 Å². The average Bonchev–Trinajstić information content (AvgIpc) is 2.99. The molecule has 2 aliphatic heterocycles. The lowest BCUT2D eigenvalue weighted by Gasteiger charge is -2.27. The summed E-state index contributed by atoms with van der Waals surface area (Å²) in [6.07, 6.45) is 3.94. The minimum absolute atomic E-state index is 0.114. The Bertz CT molecular complexity index is 301. The molecule has 4 atom stereocenters. The highest BCUT2D eigenvalue weighted by Gasteiger charge is 2.45. The number of aldehydes is 1. The van der Waals surface area contributed by atoms with Gasteiger partial charge in [-0.1, -0.05) is 0 Å². The molecule has 0 aromatic carbocycles. The van der Waals surface area contributed by atoms with Gasteiger partial charge in [-0.2, -0.15) is 0 Å². The molecule has 0 amide bonds. The van der Waals surface area contributed by atoms with E-state index in [1.54, 1.807) is 0 Å². The lowest BCUT2D eigenvalue weighted by molar-refractivity contribution is -0.117. The van der Waals surface area contributed by atoms with Crippen molar-refractivity contribution >= 4 is 6.29 Å². The van der Waals surface area contributed by atoms with Crippen LogP contribution in [-0.2, 0) is 9.53 Å². The molecule has 3 rings (SSSR count). The van der Waals surface area contributed by atoms with Gasteiger partial charge in [-0.15, -0.1) is 0 Å². The highest BCUT2D eigenvalue weighted by molar-refractivity contribution is 5.60. The molecule has 0 radical (unpaired) electrons. The van der Waals surface area contributed by atoms with E-state index in [9.17, 15) is 9.90 Å². The van der Waals surface area contributed by atoms with Crippen LogP contribution in [-0.4, -0.2) is 55.2 Å². The predicted molar refractivity (Wildman–Crippen MR) is 62.6 cm³/mol. The second kappa shape index (κ2) is 4.34. The molecule has 4 unspecified atom stereocenters. The van der Waals surface area contributed by atoms with Crippen molar-refractivity contribution in [2.75, 3.05) is 32.8 Å². The van der Waals surface area contributed by atoms with Crippen molar-refractivity contribution < 1.29 is 14.6 Å². The first-order valence-corrected chi connectivity index (χ1v) is 6.67. The summed E-state index contributed by atoms with van der Waals surface area (Å²) in [6.45, 7) is 4.11. The summed E-state index contributed by atoms with van der Waals surface area (Å²) in [6, 6.07) is 0. The SMILES string of the molecule is O=CC1(CN2CC3CCC(O)C3C2)CCOC1. The van der Waals surface area contributed by atoms with Crippen LogP contribution in [0.2, 0.25) is 0 Å². The zero-order valence-corrected chi connectivity index (χ0v) is 10.2. The first kappa shape index (κ1) is 11.6. The number of carbonyl (C=O) groups excluding carboxylic acids is 1. The minimum atomic E-state index is -0.274. The van der Waals surface area contributed by atoms with Crippen LogP contribution in [0.15, 0.2) is 0 Å². The molecule has 17 heavy (non-hydrogen) atoms. The van der Waals surface area contributed by atoms with Crippen LogP contribution in [0, 0.1) is 17.3 Å². The maximum atomic E-state index is 11.3. The number of likely N-dealkylation sites (tertiary alicyclic amines) is 1. The second-order valence-corrected chi connectivity index (χ2v) is 6.05. The molecule has 1 saturated carbocycles. The topological polar surface area (TPSA) is 49.8 Å². The van der Waals surface area contributed by atoms with Gasteiger partial charge in [-0.3, -0.25) is 0 Å². The van der Waals surface area contributed by atoms with Gasteiger partial charge in [0.1, 0.15) is 6.29 Å². The zero-order chi connectivity index (χ0) is 11.9. The van der Waals surface area contributed by atoms with Crippen molar-refractivity contribution in [3.8, 4) is 0 Å². The third-order valence-electron chi connectivity index (χ3n) is 4.82. The van der Waals surface area contributed by atoms with Gasteiger partial charge in [-0.25, -0.2) is 0 Å². The van der Waals surface area contributed by atoms with E-state index in [0.717, 1.165) is 45.2 Å². The Hall–Kier alpha value is -0.450. The average molecular weight is 239 g/mol. The number of aliphatic hydroxyl groups is 1. The van der Waals surface area contributed by atoms with Crippen molar-refractivity contribution in [2.24, 2.45) is 17.3 Å². The van der Waals surface area contributed by atoms with E-state index in [-0.39, 0.29) is 11.5 Å². The number of fused-ring (bicyclic) bond motifs is 1. The highest BCUT2D eigenvalue weighted by atomic mass is 16.5. The largest absolute Gasteiger partial charge is 0.393 e. The number of hydrogen-bond acceptors (Lipinski definition) is 4. The molecule has 1 aliphatic carbocycles. The summed E-state index contributed by atoms with van der Waals surface area (Å²) < 4.78 is 5.37. The first-order chi connectivity index (χ1) is 8.22. The summed E-state index contributed by atoms with van der Waals surface area (Å²) in [5.74, 6) is 1.09. The molecule has 3 fully saturated rings. The third-order valence-corrected chi connectivity index (χ3v) is 4.82. The quantitative estimate of drug-likeness (QED) is 0.719. The number of rotatable bonds is 3. The maximum absolute atomic E-state index is 11.3. The van der Waals surface area contributed by atoms with E-state index in [0.29, 0.717) is 25.0 Å². The summed E-state index contributed by atoms with van der Waals surface area (Å²) in [5, 5.41) is 9.88. The zero-order valence-electron chi connectivity index (χ0n) is 10.2. The Morgan fingerprint density at radius 2 is 2.29 bits per heavy atom. The van der Waals surface area contributed by atoms with E-state index >= 15 is 0 Å². The monoisotopic (exact) mass is 239 g/mol. The van der Waals surface area contributed by atoms with E-state index in [1.807, 2.05) is 0 Å². The Morgan fingerprint density at radius 1 is 1.41 bits per heavy atom. The van der Waals surface area contributed by atoms with Gasteiger partial charge >= 0.3 is 0 Å². The van der Waals surface area contributed by atoms with Gasteiger partial charge in [0.2, 0.25) is 0 Å². The molecule has 4 nitrogen and oxygen atoms in total. The molecule has 96 valence electrons. The van der Waals surface area contributed by atoms with E-state index in [4.69, 9.17) is 4.74 Å². The van der Waals surface area contributed by atoms with Gasteiger partial charge in [0.25, 0.3) is 0 Å². The fraction of sp³-hybridized carbons (Fsp3) is 0.923. The van der Waals surface area contributed by atoms with Crippen LogP contribution in [0.1, 0.15) is 19.3 Å². The van der Waals surface area contributed by atoms with Gasteiger partial charge in [0, 0.05) is 32.2 Å². The maximum Gasteiger partial charge on any atom is 0.129 e. The van der Waals surface area contributed by atoms with Crippen molar-refractivity contribution in [3.63, 3.8) is 0 Å². The lowest BCUT2D eigenvalue weighted by Crippen LogP contribution is -2.39. The van der Waals surface area contributed by atoms with Crippen LogP contribution in [0.3, 0.4) is 0 Å². The van der Waals surface area contributed by atoms with Crippen LogP contribution in [0.25, 0.3) is 0 Å². The molecular formula is C13H21NO3. The number of hydrogen-bond donors (Lipinski definition) is 1. The Labute approximate surface area is 102 Å². The summed E-state index contributed by atoms with van der Waals surface area (Å²) >= 11 is 0. The molecule has 0 aromatic rings. The molecular weight excluding hydrogens is 218 g/mol. The molecule has 2 saturated heterocycles. The first-order valence-electron chi connectivity index (χ1n) is 6.67. The summed E-state index contributed by atoms with van der Waals surface area (Å²) in [7, 11) is 0.